The minimum Gasteiger partial charge on any atom is -0.370 e. The molecule has 2 rings (SSSR count). The van der Waals surface area contributed by atoms with Crippen LogP contribution in [0.15, 0.2) is 18.2 Å². The Labute approximate surface area is 92.4 Å². The Balaban J connectivity index is 2.33. The van der Waals surface area contributed by atoms with Crippen molar-refractivity contribution < 1.29 is 13.6 Å². The van der Waals surface area contributed by atoms with Gasteiger partial charge in [0.05, 0.1) is 0 Å². The molecule has 0 saturated heterocycles. The van der Waals surface area contributed by atoms with Crippen molar-refractivity contribution in [3.05, 3.63) is 35.4 Å². The fourth-order valence-corrected chi connectivity index (χ4v) is 2.33. The molecule has 2 N–H and O–H groups in total. The molecule has 16 heavy (non-hydrogen) atoms. The number of hydrogen-bond acceptors (Lipinski definition) is 1. The molecule has 1 aliphatic rings. The van der Waals surface area contributed by atoms with Gasteiger partial charge >= 0.3 is 0 Å². The number of hydrogen-bond donors (Lipinski definition) is 1. The third-order valence-corrected chi connectivity index (χ3v) is 3.36. The Morgan fingerprint density at radius 3 is 2.44 bits per heavy atom. The van der Waals surface area contributed by atoms with E-state index in [4.69, 9.17) is 5.73 Å². The number of rotatable bonds is 3. The van der Waals surface area contributed by atoms with Crippen LogP contribution in [0.2, 0.25) is 0 Å². The topological polar surface area (TPSA) is 43.1 Å². The monoisotopic (exact) mass is 225 g/mol. The predicted octanol–water partition coefficient (Wildman–Crippen LogP) is 2.26. The zero-order chi connectivity index (χ0) is 11.8. The Hall–Kier alpha value is -1.45. The first kappa shape index (κ1) is 11.0. The van der Waals surface area contributed by atoms with Gasteiger partial charge in [0.15, 0.2) is 11.6 Å². The molecule has 0 radical (unpaired) electrons. The summed E-state index contributed by atoms with van der Waals surface area (Å²) in [6.07, 6.45) is 2.81. The summed E-state index contributed by atoms with van der Waals surface area (Å²) in [6.45, 7) is 0. The van der Waals surface area contributed by atoms with Crippen molar-refractivity contribution in [2.24, 2.45) is 5.73 Å². The lowest BCUT2D eigenvalue weighted by Crippen LogP contribution is -2.38. The predicted molar refractivity (Wildman–Crippen MR) is 55.7 cm³/mol. The molecule has 0 bridgehead atoms. The van der Waals surface area contributed by atoms with Crippen LogP contribution < -0.4 is 5.73 Å². The number of nitrogens with two attached hydrogens (primary N) is 1. The summed E-state index contributed by atoms with van der Waals surface area (Å²) >= 11 is 0. The number of carbonyl (C=O) groups excluding carboxylic acids is 1. The number of benzene rings is 1. The van der Waals surface area contributed by atoms with Gasteiger partial charge < -0.3 is 5.73 Å². The molecule has 2 nitrogen and oxygen atoms in total. The van der Waals surface area contributed by atoms with E-state index in [0.717, 1.165) is 25.3 Å². The normalized spacial score (nSPS) is 17.9. The second-order valence-corrected chi connectivity index (χ2v) is 4.41. The van der Waals surface area contributed by atoms with Crippen LogP contribution in [0.3, 0.4) is 0 Å². The molecule has 1 aromatic carbocycles. The highest BCUT2D eigenvalue weighted by Crippen LogP contribution is 2.46. The van der Waals surface area contributed by atoms with Crippen LogP contribution >= 0.6 is 0 Å². The van der Waals surface area contributed by atoms with Crippen LogP contribution in [-0.4, -0.2) is 5.91 Å². The largest absolute Gasteiger partial charge is 0.370 e. The molecule has 4 heteroatoms. The highest BCUT2D eigenvalue weighted by atomic mass is 19.2. The van der Waals surface area contributed by atoms with Gasteiger partial charge in [-0.25, -0.2) is 8.78 Å². The van der Waals surface area contributed by atoms with Crippen molar-refractivity contribution >= 4 is 5.91 Å². The van der Waals surface area contributed by atoms with Gasteiger partial charge in [0.1, 0.15) is 0 Å². The number of carbonyl (C=O) groups is 1. The maximum atomic E-state index is 13.1. The lowest BCUT2D eigenvalue weighted by atomic mass is 9.62. The van der Waals surface area contributed by atoms with Crippen LogP contribution in [0, 0.1) is 11.6 Å². The molecule has 0 heterocycles. The summed E-state index contributed by atoms with van der Waals surface area (Å²) in [6, 6.07) is 3.82. The molecular formula is C12H13F2NO. The van der Waals surface area contributed by atoms with Crippen LogP contribution in [-0.2, 0) is 10.2 Å². The van der Waals surface area contributed by atoms with Gasteiger partial charge in [-0.2, -0.15) is 0 Å². The van der Waals surface area contributed by atoms with Gasteiger partial charge in [0.25, 0.3) is 0 Å². The molecular weight excluding hydrogens is 212 g/mol. The van der Waals surface area contributed by atoms with Gasteiger partial charge in [-0.3, -0.25) is 4.79 Å². The van der Waals surface area contributed by atoms with E-state index in [1.807, 2.05) is 0 Å². The minimum absolute atomic E-state index is 0.206. The summed E-state index contributed by atoms with van der Waals surface area (Å²) < 4.78 is 25.9. The van der Waals surface area contributed by atoms with Crippen molar-refractivity contribution in [3.8, 4) is 0 Å². The second kappa shape index (κ2) is 3.85. The molecule has 0 aliphatic heterocycles. The zero-order valence-electron chi connectivity index (χ0n) is 8.80. The average molecular weight is 225 g/mol. The van der Waals surface area contributed by atoms with E-state index in [-0.39, 0.29) is 11.8 Å². The van der Waals surface area contributed by atoms with Crippen LogP contribution in [0.25, 0.3) is 0 Å². The Kier molecular flexibility index (Phi) is 2.66. The van der Waals surface area contributed by atoms with E-state index in [9.17, 15) is 13.6 Å². The van der Waals surface area contributed by atoms with Gasteiger partial charge in [0, 0.05) is 11.8 Å². The maximum Gasteiger partial charge on any atom is 0.218 e. The van der Waals surface area contributed by atoms with E-state index in [2.05, 4.69) is 0 Å². The first-order chi connectivity index (χ1) is 7.53. The molecule has 0 spiro atoms. The minimum atomic E-state index is -0.867. The smallest absolute Gasteiger partial charge is 0.218 e. The van der Waals surface area contributed by atoms with Crippen LogP contribution in [0.4, 0.5) is 8.78 Å². The third-order valence-electron chi connectivity index (χ3n) is 3.36. The van der Waals surface area contributed by atoms with E-state index < -0.39 is 17.5 Å². The lowest BCUT2D eigenvalue weighted by Gasteiger charge is -2.41. The highest BCUT2D eigenvalue weighted by Gasteiger charge is 2.40. The van der Waals surface area contributed by atoms with Crippen molar-refractivity contribution in [2.75, 3.05) is 0 Å². The van der Waals surface area contributed by atoms with Gasteiger partial charge in [0.2, 0.25) is 5.91 Å². The Bertz CT molecular complexity index is 427. The molecule has 0 atom stereocenters. The van der Waals surface area contributed by atoms with Gasteiger partial charge in [-0.05, 0) is 30.5 Å². The van der Waals surface area contributed by atoms with Crippen LogP contribution in [0.1, 0.15) is 31.2 Å². The number of primary amides is 1. The van der Waals surface area contributed by atoms with Crippen LogP contribution in [0.5, 0.6) is 0 Å². The molecule has 86 valence electrons. The highest BCUT2D eigenvalue weighted by molar-refractivity contribution is 5.75. The van der Waals surface area contributed by atoms with E-state index in [1.54, 1.807) is 6.07 Å². The lowest BCUT2D eigenvalue weighted by molar-refractivity contribution is -0.120. The molecule has 1 aliphatic carbocycles. The summed E-state index contributed by atoms with van der Waals surface area (Å²) in [4.78, 5) is 11.0. The quantitative estimate of drug-likeness (QED) is 0.842. The maximum absolute atomic E-state index is 13.1. The average Bonchev–Trinajstić information content (AvgIpc) is 2.16. The summed E-state index contributed by atoms with van der Waals surface area (Å²) in [5, 5.41) is 0. The molecule has 1 fully saturated rings. The molecule has 1 aromatic rings. The number of amides is 1. The molecule has 1 saturated carbocycles. The van der Waals surface area contributed by atoms with E-state index in [1.165, 1.54) is 6.07 Å². The van der Waals surface area contributed by atoms with E-state index >= 15 is 0 Å². The SMILES string of the molecule is NC(=O)CC1(c2ccc(F)c(F)c2)CCC1. The van der Waals surface area contributed by atoms with Crippen molar-refractivity contribution in [1.29, 1.82) is 0 Å². The summed E-state index contributed by atoms with van der Waals surface area (Å²) in [5.41, 5.74) is 5.50. The third kappa shape index (κ3) is 1.79. The fraction of sp³-hybridized carbons (Fsp3) is 0.417. The summed E-state index contributed by atoms with van der Waals surface area (Å²) in [5.74, 6) is -2.13. The Morgan fingerprint density at radius 2 is 2.00 bits per heavy atom. The summed E-state index contributed by atoms with van der Waals surface area (Å²) in [7, 11) is 0. The fourth-order valence-electron chi connectivity index (χ4n) is 2.33. The first-order valence-corrected chi connectivity index (χ1v) is 5.27. The molecule has 0 aromatic heterocycles. The molecule has 1 amide bonds. The van der Waals surface area contributed by atoms with Crippen molar-refractivity contribution in [1.82, 2.24) is 0 Å². The van der Waals surface area contributed by atoms with Crippen molar-refractivity contribution in [2.45, 2.75) is 31.1 Å². The molecule has 0 unspecified atom stereocenters. The van der Waals surface area contributed by atoms with Gasteiger partial charge in [-0.1, -0.05) is 12.5 Å². The van der Waals surface area contributed by atoms with E-state index in [0.29, 0.717) is 5.56 Å². The second-order valence-electron chi connectivity index (χ2n) is 4.41. The van der Waals surface area contributed by atoms with Gasteiger partial charge in [-0.15, -0.1) is 0 Å². The number of halogens is 2. The first-order valence-electron chi connectivity index (χ1n) is 5.27. The standard InChI is InChI=1S/C12H13F2NO/c13-9-3-2-8(6-10(9)14)12(4-1-5-12)7-11(15)16/h2-3,6H,1,4-5,7H2,(H2,15,16). The zero-order valence-corrected chi connectivity index (χ0v) is 8.80. The van der Waals surface area contributed by atoms with Crippen molar-refractivity contribution in [3.63, 3.8) is 0 Å². The Morgan fingerprint density at radius 1 is 1.31 bits per heavy atom.